The van der Waals surface area contributed by atoms with Crippen LogP contribution < -0.4 is 10.0 Å². The first-order valence-corrected chi connectivity index (χ1v) is 7.86. The van der Waals surface area contributed by atoms with Gasteiger partial charge in [0.15, 0.2) is 0 Å². The van der Waals surface area contributed by atoms with Crippen LogP contribution in [0.4, 0.5) is 24.5 Å². The Labute approximate surface area is 125 Å². The van der Waals surface area contributed by atoms with Crippen molar-refractivity contribution >= 4 is 27.3 Å². The van der Waals surface area contributed by atoms with E-state index < -0.39 is 33.8 Å². The molecule has 22 heavy (non-hydrogen) atoms. The lowest BCUT2D eigenvalue weighted by molar-refractivity contribution is -0.137. The number of carbonyl (C=O) groups excluding carboxylic acids is 1. The number of ether oxygens (including phenoxy) is 1. The van der Waals surface area contributed by atoms with Crippen LogP contribution in [0.25, 0.3) is 0 Å². The number of hydrogen-bond acceptors (Lipinski definition) is 4. The molecule has 1 aromatic carbocycles. The summed E-state index contributed by atoms with van der Waals surface area (Å²) in [6.07, 6.45) is -4.70. The van der Waals surface area contributed by atoms with E-state index >= 15 is 0 Å². The molecule has 0 fully saturated rings. The SMILES string of the molecule is CO[C@@H](C)C(=O)Nc1cc(C(F)(F)F)ccc1NS(C)(=O)=O. The van der Waals surface area contributed by atoms with Gasteiger partial charge in [0, 0.05) is 7.11 Å². The van der Waals surface area contributed by atoms with Gasteiger partial charge in [0.1, 0.15) is 6.10 Å². The Morgan fingerprint density at radius 2 is 1.86 bits per heavy atom. The number of alkyl halides is 3. The predicted octanol–water partition coefficient (Wildman–Crippen LogP) is 2.05. The lowest BCUT2D eigenvalue weighted by Crippen LogP contribution is -2.27. The molecular formula is C12H15F3N2O4S. The van der Waals surface area contributed by atoms with Gasteiger partial charge in [-0.3, -0.25) is 9.52 Å². The maximum Gasteiger partial charge on any atom is 0.416 e. The van der Waals surface area contributed by atoms with Crippen molar-refractivity contribution in [1.29, 1.82) is 0 Å². The summed E-state index contributed by atoms with van der Waals surface area (Å²) in [6.45, 7) is 1.40. The molecule has 1 rings (SSSR count). The summed E-state index contributed by atoms with van der Waals surface area (Å²) in [6, 6.07) is 2.29. The average Bonchev–Trinajstić information content (AvgIpc) is 2.36. The number of amides is 1. The molecular weight excluding hydrogens is 325 g/mol. The standard InChI is InChI=1S/C12H15F3N2O4S/c1-7(21-2)11(18)16-10-6-8(12(13,14)15)4-5-9(10)17-22(3,19)20/h4-7,17H,1-3H3,(H,16,18)/t7-/m0/s1. The smallest absolute Gasteiger partial charge is 0.372 e. The number of carbonyl (C=O) groups is 1. The van der Waals surface area contributed by atoms with Gasteiger partial charge in [0.05, 0.1) is 23.2 Å². The Morgan fingerprint density at radius 1 is 1.27 bits per heavy atom. The minimum atomic E-state index is -4.63. The molecule has 10 heteroatoms. The molecule has 0 saturated carbocycles. The third-order valence-electron chi connectivity index (χ3n) is 2.62. The summed E-state index contributed by atoms with van der Waals surface area (Å²) in [4.78, 5) is 11.7. The van der Waals surface area contributed by atoms with Gasteiger partial charge in [-0.1, -0.05) is 0 Å². The van der Waals surface area contributed by atoms with Crippen molar-refractivity contribution < 1.29 is 31.1 Å². The van der Waals surface area contributed by atoms with Crippen LogP contribution in [-0.2, 0) is 25.7 Å². The predicted molar refractivity (Wildman–Crippen MR) is 75.0 cm³/mol. The maximum atomic E-state index is 12.7. The van der Waals surface area contributed by atoms with Crippen LogP contribution in [0.15, 0.2) is 18.2 Å². The Bertz CT molecular complexity index is 659. The molecule has 1 amide bonds. The lowest BCUT2D eigenvalue weighted by Gasteiger charge is -2.16. The summed E-state index contributed by atoms with van der Waals surface area (Å²) in [5.41, 5.74) is -1.51. The van der Waals surface area contributed by atoms with Crippen LogP contribution >= 0.6 is 0 Å². The van der Waals surface area contributed by atoms with Crippen molar-refractivity contribution in [2.24, 2.45) is 0 Å². The van der Waals surface area contributed by atoms with Crippen LogP contribution in [0.2, 0.25) is 0 Å². The maximum absolute atomic E-state index is 12.7. The van der Waals surface area contributed by atoms with E-state index in [0.29, 0.717) is 12.1 Å². The Hall–Kier alpha value is -1.81. The third-order valence-corrected chi connectivity index (χ3v) is 3.21. The number of nitrogens with one attached hydrogen (secondary N) is 2. The summed E-state index contributed by atoms with van der Waals surface area (Å²) < 4.78 is 67.4. The van der Waals surface area contributed by atoms with E-state index in [2.05, 4.69) is 5.32 Å². The summed E-state index contributed by atoms with van der Waals surface area (Å²) >= 11 is 0. The van der Waals surface area contributed by atoms with Crippen molar-refractivity contribution in [3.8, 4) is 0 Å². The largest absolute Gasteiger partial charge is 0.416 e. The van der Waals surface area contributed by atoms with Crippen LogP contribution in [0, 0.1) is 0 Å². The van der Waals surface area contributed by atoms with Gasteiger partial charge >= 0.3 is 6.18 Å². The van der Waals surface area contributed by atoms with Gasteiger partial charge in [0.2, 0.25) is 10.0 Å². The molecule has 0 bridgehead atoms. The van der Waals surface area contributed by atoms with Gasteiger partial charge in [-0.05, 0) is 25.1 Å². The average molecular weight is 340 g/mol. The number of hydrogen-bond donors (Lipinski definition) is 2. The molecule has 0 aromatic heterocycles. The first kappa shape index (κ1) is 18.2. The second-order valence-electron chi connectivity index (χ2n) is 4.50. The van der Waals surface area contributed by atoms with E-state index in [1.807, 2.05) is 4.72 Å². The highest BCUT2D eigenvalue weighted by molar-refractivity contribution is 7.92. The van der Waals surface area contributed by atoms with Crippen LogP contribution in [0.3, 0.4) is 0 Å². The second kappa shape index (κ2) is 6.53. The van der Waals surface area contributed by atoms with Crippen molar-refractivity contribution in [1.82, 2.24) is 0 Å². The Kier molecular flexibility index (Phi) is 5.41. The first-order chi connectivity index (χ1) is 9.94. The highest BCUT2D eigenvalue weighted by Gasteiger charge is 2.31. The van der Waals surface area contributed by atoms with Crippen LogP contribution in [0.1, 0.15) is 12.5 Å². The molecule has 0 spiro atoms. The van der Waals surface area contributed by atoms with E-state index in [1.165, 1.54) is 14.0 Å². The van der Waals surface area contributed by atoms with E-state index in [0.717, 1.165) is 12.3 Å². The van der Waals surface area contributed by atoms with Crippen LogP contribution in [-0.4, -0.2) is 33.8 Å². The van der Waals surface area contributed by atoms with Gasteiger partial charge < -0.3 is 10.1 Å². The van der Waals surface area contributed by atoms with E-state index in [-0.39, 0.29) is 11.4 Å². The Morgan fingerprint density at radius 3 is 2.32 bits per heavy atom. The van der Waals surface area contributed by atoms with Crippen molar-refractivity contribution in [2.45, 2.75) is 19.2 Å². The topological polar surface area (TPSA) is 84.5 Å². The summed E-state index contributed by atoms with van der Waals surface area (Å²) in [5, 5.41) is 2.21. The number of benzene rings is 1. The normalized spacial score (nSPS) is 13.5. The zero-order chi connectivity index (χ0) is 17.1. The molecule has 124 valence electrons. The highest BCUT2D eigenvalue weighted by Crippen LogP contribution is 2.34. The number of rotatable bonds is 5. The number of methoxy groups -OCH3 is 1. The van der Waals surface area contributed by atoms with Crippen molar-refractivity contribution in [3.63, 3.8) is 0 Å². The monoisotopic (exact) mass is 340 g/mol. The summed E-state index contributed by atoms with van der Waals surface area (Å²) in [5.74, 6) is -0.710. The fraction of sp³-hybridized carbons (Fsp3) is 0.417. The molecule has 0 aliphatic heterocycles. The van der Waals surface area contributed by atoms with E-state index in [4.69, 9.17) is 4.74 Å². The number of sulfonamides is 1. The quantitative estimate of drug-likeness (QED) is 0.859. The molecule has 0 heterocycles. The molecule has 0 radical (unpaired) electrons. The fourth-order valence-corrected chi connectivity index (χ4v) is 2.03. The molecule has 0 unspecified atom stereocenters. The van der Waals surface area contributed by atoms with Gasteiger partial charge in [0.25, 0.3) is 5.91 Å². The van der Waals surface area contributed by atoms with Gasteiger partial charge in [-0.2, -0.15) is 13.2 Å². The fourth-order valence-electron chi connectivity index (χ4n) is 1.45. The third kappa shape index (κ3) is 5.19. The minimum Gasteiger partial charge on any atom is -0.372 e. The second-order valence-corrected chi connectivity index (χ2v) is 6.25. The number of anilines is 2. The molecule has 1 aromatic rings. The first-order valence-electron chi connectivity index (χ1n) is 5.96. The Balaban J connectivity index is 3.25. The molecule has 0 saturated heterocycles. The molecule has 0 aliphatic rings. The minimum absolute atomic E-state index is 0.174. The van der Waals surface area contributed by atoms with E-state index in [9.17, 15) is 26.4 Å². The molecule has 1 atom stereocenters. The molecule has 6 nitrogen and oxygen atoms in total. The zero-order valence-corrected chi connectivity index (χ0v) is 12.8. The lowest BCUT2D eigenvalue weighted by atomic mass is 10.1. The van der Waals surface area contributed by atoms with E-state index in [1.54, 1.807) is 0 Å². The molecule has 0 aliphatic carbocycles. The molecule has 2 N–H and O–H groups in total. The van der Waals surface area contributed by atoms with Crippen LogP contribution in [0.5, 0.6) is 0 Å². The van der Waals surface area contributed by atoms with Crippen molar-refractivity contribution in [2.75, 3.05) is 23.4 Å². The highest BCUT2D eigenvalue weighted by atomic mass is 32.2. The van der Waals surface area contributed by atoms with Gasteiger partial charge in [-0.15, -0.1) is 0 Å². The zero-order valence-electron chi connectivity index (χ0n) is 12.0. The number of halogens is 3. The van der Waals surface area contributed by atoms with Crippen molar-refractivity contribution in [3.05, 3.63) is 23.8 Å². The summed E-state index contributed by atoms with van der Waals surface area (Å²) in [7, 11) is -2.47. The van der Waals surface area contributed by atoms with Gasteiger partial charge in [-0.25, -0.2) is 8.42 Å².